The van der Waals surface area contributed by atoms with Crippen molar-refractivity contribution in [3.8, 4) is 0 Å². The third-order valence-corrected chi connectivity index (χ3v) is 3.66. The first kappa shape index (κ1) is 15.9. The first-order valence-electron chi connectivity index (χ1n) is 7.22. The van der Waals surface area contributed by atoms with Gasteiger partial charge in [-0.25, -0.2) is 4.79 Å². The van der Waals surface area contributed by atoms with Crippen LogP contribution in [0.4, 0.5) is 4.79 Å². The zero-order valence-electron chi connectivity index (χ0n) is 13.4. The summed E-state index contributed by atoms with van der Waals surface area (Å²) < 4.78 is 0. The fourth-order valence-electron chi connectivity index (χ4n) is 2.28. The van der Waals surface area contributed by atoms with Crippen molar-refractivity contribution in [1.82, 2.24) is 20.6 Å². The molecule has 2 N–H and O–H groups in total. The Bertz CT molecular complexity index is 568. The minimum atomic E-state index is -0.485. The molecule has 5 nitrogen and oxygen atoms in total. The zero-order chi connectivity index (χ0) is 16.2. The Kier molecular flexibility index (Phi) is 4.45. The van der Waals surface area contributed by atoms with E-state index in [-0.39, 0.29) is 6.03 Å². The smallest absolute Gasteiger partial charge is 0.316 e. The normalized spacial score (nSPS) is 11.8. The number of amides is 2. The van der Waals surface area contributed by atoms with Crippen LogP contribution in [0, 0.1) is 0 Å². The van der Waals surface area contributed by atoms with Crippen molar-refractivity contribution in [3.63, 3.8) is 0 Å². The maximum atomic E-state index is 12.4. The summed E-state index contributed by atoms with van der Waals surface area (Å²) in [6.07, 6.45) is 6.88. The number of hydrogen-bond donors (Lipinski definition) is 2. The lowest BCUT2D eigenvalue weighted by Gasteiger charge is -2.31. The van der Waals surface area contributed by atoms with E-state index in [4.69, 9.17) is 0 Å². The van der Waals surface area contributed by atoms with Crippen LogP contribution in [0.3, 0.4) is 0 Å². The molecule has 0 saturated heterocycles. The lowest BCUT2D eigenvalue weighted by Crippen LogP contribution is -2.51. The molecule has 2 rings (SSSR count). The lowest BCUT2D eigenvalue weighted by molar-refractivity contribution is 0.219. The van der Waals surface area contributed by atoms with Crippen molar-refractivity contribution in [1.29, 1.82) is 0 Å². The number of hydrogen-bond acceptors (Lipinski definition) is 3. The van der Waals surface area contributed by atoms with Gasteiger partial charge in [-0.15, -0.1) is 0 Å². The summed E-state index contributed by atoms with van der Waals surface area (Å²) in [6.45, 7) is 7.84. The third-order valence-electron chi connectivity index (χ3n) is 3.66. The van der Waals surface area contributed by atoms with Crippen LogP contribution in [-0.2, 0) is 11.1 Å². The van der Waals surface area contributed by atoms with E-state index in [0.717, 1.165) is 11.1 Å². The van der Waals surface area contributed by atoms with E-state index in [0.29, 0.717) is 0 Å². The fraction of sp³-hybridized carbons (Fsp3) is 0.353. The number of rotatable bonds is 4. The molecule has 0 radical (unpaired) electrons. The second-order valence-corrected chi connectivity index (χ2v) is 6.30. The van der Waals surface area contributed by atoms with Crippen molar-refractivity contribution < 1.29 is 4.79 Å². The summed E-state index contributed by atoms with van der Waals surface area (Å²) >= 11 is 0. The van der Waals surface area contributed by atoms with Crippen molar-refractivity contribution in [2.45, 2.75) is 38.8 Å². The van der Waals surface area contributed by atoms with E-state index in [1.165, 1.54) is 0 Å². The number of carbonyl (C=O) groups excluding carboxylic acids is 1. The van der Waals surface area contributed by atoms with Gasteiger partial charge in [0.1, 0.15) is 0 Å². The summed E-state index contributed by atoms with van der Waals surface area (Å²) in [5.74, 6) is 0. The highest BCUT2D eigenvalue weighted by molar-refractivity contribution is 5.76. The third kappa shape index (κ3) is 3.81. The number of aromatic nitrogens is 2. The first-order valence-corrected chi connectivity index (χ1v) is 7.22. The molecule has 2 amide bonds. The van der Waals surface area contributed by atoms with E-state index in [1.807, 2.05) is 52.0 Å². The summed E-state index contributed by atoms with van der Waals surface area (Å²) in [5.41, 5.74) is 1.03. The molecule has 0 atom stereocenters. The molecule has 0 spiro atoms. The Morgan fingerprint density at radius 3 is 1.41 bits per heavy atom. The molecule has 0 aliphatic heterocycles. The van der Waals surface area contributed by atoms with Crippen molar-refractivity contribution in [3.05, 3.63) is 60.2 Å². The average molecular weight is 298 g/mol. The number of nitrogens with zero attached hydrogens (tertiary/aromatic N) is 2. The number of urea groups is 1. The Morgan fingerprint density at radius 1 is 0.773 bits per heavy atom. The summed E-state index contributed by atoms with van der Waals surface area (Å²) in [5, 5.41) is 6.01. The molecule has 2 aromatic heterocycles. The molecule has 0 unspecified atom stereocenters. The van der Waals surface area contributed by atoms with E-state index < -0.39 is 11.1 Å². The lowest BCUT2D eigenvalue weighted by atomic mass is 9.94. The Labute approximate surface area is 131 Å². The standard InChI is InChI=1S/C17H22N4O/c1-16(2,13-5-9-18-10-6-13)20-15(22)21-17(3,4)14-7-11-19-12-8-14/h5-12H,1-4H3,(H2,20,21,22). The first-order chi connectivity index (χ1) is 10.3. The molecule has 0 saturated carbocycles. The predicted molar refractivity (Wildman–Crippen MR) is 86.2 cm³/mol. The Morgan fingerprint density at radius 2 is 1.09 bits per heavy atom. The minimum absolute atomic E-state index is 0.219. The van der Waals surface area contributed by atoms with Gasteiger partial charge < -0.3 is 10.6 Å². The van der Waals surface area contributed by atoms with Crippen LogP contribution in [0.2, 0.25) is 0 Å². The largest absolute Gasteiger partial charge is 0.329 e. The summed E-state index contributed by atoms with van der Waals surface area (Å²) in [4.78, 5) is 20.4. The van der Waals surface area contributed by atoms with Gasteiger partial charge in [-0.05, 0) is 63.1 Å². The van der Waals surface area contributed by atoms with Crippen LogP contribution in [-0.4, -0.2) is 16.0 Å². The molecule has 2 heterocycles. The summed E-state index contributed by atoms with van der Waals surface area (Å²) in [6, 6.07) is 7.37. The van der Waals surface area contributed by atoms with Crippen LogP contribution < -0.4 is 10.6 Å². The highest BCUT2D eigenvalue weighted by atomic mass is 16.2. The van der Waals surface area contributed by atoms with Crippen LogP contribution in [0.15, 0.2) is 49.1 Å². The van der Waals surface area contributed by atoms with Gasteiger partial charge in [-0.2, -0.15) is 0 Å². The average Bonchev–Trinajstić information content (AvgIpc) is 2.48. The SMILES string of the molecule is CC(C)(NC(=O)NC(C)(C)c1ccncc1)c1ccncc1. The number of nitrogens with one attached hydrogen (secondary N) is 2. The zero-order valence-corrected chi connectivity index (χ0v) is 13.4. The highest BCUT2D eigenvalue weighted by Gasteiger charge is 2.27. The predicted octanol–water partition coefficient (Wildman–Crippen LogP) is 2.95. The van der Waals surface area contributed by atoms with Gasteiger partial charge in [0.15, 0.2) is 0 Å². The van der Waals surface area contributed by atoms with Gasteiger partial charge in [-0.3, -0.25) is 9.97 Å². The van der Waals surface area contributed by atoms with Gasteiger partial charge in [0.05, 0.1) is 11.1 Å². The Hall–Kier alpha value is -2.43. The van der Waals surface area contributed by atoms with Gasteiger partial charge >= 0.3 is 6.03 Å². The molecule has 116 valence electrons. The molecule has 0 aliphatic carbocycles. The van der Waals surface area contributed by atoms with Gasteiger partial charge in [0.2, 0.25) is 0 Å². The maximum absolute atomic E-state index is 12.4. The van der Waals surface area contributed by atoms with E-state index >= 15 is 0 Å². The molecule has 0 aromatic carbocycles. The molecule has 5 heteroatoms. The van der Waals surface area contributed by atoms with Gasteiger partial charge in [-0.1, -0.05) is 0 Å². The highest BCUT2D eigenvalue weighted by Crippen LogP contribution is 2.21. The minimum Gasteiger partial charge on any atom is -0.329 e. The van der Waals surface area contributed by atoms with Crippen molar-refractivity contribution >= 4 is 6.03 Å². The van der Waals surface area contributed by atoms with Gasteiger partial charge in [0, 0.05) is 24.8 Å². The monoisotopic (exact) mass is 298 g/mol. The Balaban J connectivity index is 2.07. The molecule has 2 aromatic rings. The van der Waals surface area contributed by atoms with Crippen LogP contribution in [0.5, 0.6) is 0 Å². The topological polar surface area (TPSA) is 66.9 Å². The molecular formula is C17H22N4O. The summed E-state index contributed by atoms with van der Waals surface area (Å²) in [7, 11) is 0. The maximum Gasteiger partial charge on any atom is 0.316 e. The van der Waals surface area contributed by atoms with Crippen LogP contribution in [0.1, 0.15) is 38.8 Å². The quantitative estimate of drug-likeness (QED) is 0.912. The second kappa shape index (κ2) is 6.13. The second-order valence-electron chi connectivity index (χ2n) is 6.30. The molecular weight excluding hydrogens is 276 g/mol. The molecule has 0 aliphatic rings. The van der Waals surface area contributed by atoms with E-state index in [2.05, 4.69) is 20.6 Å². The molecule has 22 heavy (non-hydrogen) atoms. The van der Waals surface area contributed by atoms with Crippen LogP contribution in [0.25, 0.3) is 0 Å². The number of carbonyl (C=O) groups is 1. The van der Waals surface area contributed by atoms with E-state index in [9.17, 15) is 4.79 Å². The fourth-order valence-corrected chi connectivity index (χ4v) is 2.28. The van der Waals surface area contributed by atoms with E-state index in [1.54, 1.807) is 24.8 Å². The molecule has 0 bridgehead atoms. The van der Waals surface area contributed by atoms with Crippen molar-refractivity contribution in [2.75, 3.05) is 0 Å². The molecule has 0 fully saturated rings. The number of pyridine rings is 2. The van der Waals surface area contributed by atoms with Gasteiger partial charge in [0.25, 0.3) is 0 Å². The van der Waals surface area contributed by atoms with Crippen molar-refractivity contribution in [2.24, 2.45) is 0 Å². The van der Waals surface area contributed by atoms with Crippen LogP contribution >= 0.6 is 0 Å².